The smallest absolute Gasteiger partial charge is 0.306 e. The maximum atomic E-state index is 11.6. The number of esters is 1. The van der Waals surface area contributed by atoms with Gasteiger partial charge in [0, 0.05) is 5.92 Å². The Bertz CT molecular complexity index is 353. The van der Waals surface area contributed by atoms with E-state index in [-0.39, 0.29) is 17.3 Å². The molecule has 0 spiro atoms. The highest BCUT2D eigenvalue weighted by atomic mass is 16.6. The summed E-state index contributed by atoms with van der Waals surface area (Å²) in [5.41, 5.74) is -3.39. The van der Waals surface area contributed by atoms with Crippen LogP contribution in [0.5, 0.6) is 0 Å². The largest absolute Gasteiger partial charge is 0.459 e. The van der Waals surface area contributed by atoms with Crippen LogP contribution in [0.4, 0.5) is 0 Å². The molecule has 0 bridgehead atoms. The number of carbonyl (C=O) groups excluding carboxylic acids is 1. The maximum Gasteiger partial charge on any atom is 0.306 e. The zero-order valence-corrected chi connectivity index (χ0v) is 11.2. The Kier molecular flexibility index (Phi) is 2.29. The number of cyclic esters (lactones) is 1. The first-order chi connectivity index (χ1) is 7.42. The summed E-state index contributed by atoms with van der Waals surface area (Å²) in [4.78, 5) is 11.6. The van der Waals surface area contributed by atoms with Gasteiger partial charge in [0.2, 0.25) is 0 Å². The number of aliphatic hydroxyl groups is 2. The number of hydrogen-bond donors (Lipinski definition) is 2. The van der Waals surface area contributed by atoms with Crippen molar-refractivity contribution in [2.75, 3.05) is 0 Å². The van der Waals surface area contributed by atoms with Gasteiger partial charge >= 0.3 is 5.97 Å². The highest BCUT2D eigenvalue weighted by molar-refractivity contribution is 5.72. The third-order valence-corrected chi connectivity index (χ3v) is 4.53. The number of ether oxygens (including phenoxy) is 1. The molecule has 1 heterocycles. The molecule has 0 aromatic carbocycles. The van der Waals surface area contributed by atoms with E-state index < -0.39 is 16.8 Å². The standard InChI is InChI=1S/C13H22O4/c1-10(2)9-12(5,6-8(14)17-10)7-13(9,16)11(3,4)15/h9,15-16H,6-7H2,1-5H3. The van der Waals surface area contributed by atoms with Gasteiger partial charge < -0.3 is 14.9 Å². The molecule has 2 N–H and O–H groups in total. The van der Waals surface area contributed by atoms with Gasteiger partial charge in [-0.25, -0.2) is 0 Å². The number of rotatable bonds is 1. The van der Waals surface area contributed by atoms with Gasteiger partial charge in [0.1, 0.15) is 11.2 Å². The van der Waals surface area contributed by atoms with Gasteiger partial charge in [-0.15, -0.1) is 0 Å². The first kappa shape index (κ1) is 12.8. The predicted molar refractivity (Wildman–Crippen MR) is 62.2 cm³/mol. The van der Waals surface area contributed by atoms with Crippen molar-refractivity contribution in [3.63, 3.8) is 0 Å². The molecule has 1 aliphatic carbocycles. The molecule has 0 aromatic heterocycles. The molecule has 2 aliphatic rings. The van der Waals surface area contributed by atoms with Crippen LogP contribution in [0, 0.1) is 11.3 Å². The van der Waals surface area contributed by atoms with Gasteiger partial charge in [-0.3, -0.25) is 4.79 Å². The molecule has 0 amide bonds. The average molecular weight is 242 g/mol. The first-order valence-corrected chi connectivity index (χ1v) is 6.09. The number of fused-ring (bicyclic) bond motifs is 1. The van der Waals surface area contributed by atoms with Gasteiger partial charge in [0.15, 0.2) is 0 Å². The third kappa shape index (κ3) is 1.54. The summed E-state index contributed by atoms with van der Waals surface area (Å²) in [6.07, 6.45) is 0.756. The number of carbonyl (C=O) groups is 1. The summed E-state index contributed by atoms with van der Waals surface area (Å²) < 4.78 is 5.35. The van der Waals surface area contributed by atoms with Crippen molar-refractivity contribution in [2.45, 2.75) is 64.3 Å². The second-order valence-electron chi connectivity index (χ2n) is 7.00. The Morgan fingerprint density at radius 1 is 1.35 bits per heavy atom. The minimum absolute atomic E-state index is 0.216. The topological polar surface area (TPSA) is 66.8 Å². The molecule has 0 radical (unpaired) electrons. The van der Waals surface area contributed by atoms with Gasteiger partial charge in [-0.1, -0.05) is 6.92 Å². The van der Waals surface area contributed by atoms with Crippen LogP contribution in [0.1, 0.15) is 47.5 Å². The highest BCUT2D eigenvalue weighted by Gasteiger charge is 2.73. The Morgan fingerprint density at radius 2 is 1.88 bits per heavy atom. The Hall–Kier alpha value is -0.610. The lowest BCUT2D eigenvalue weighted by atomic mass is 9.42. The van der Waals surface area contributed by atoms with Crippen LogP contribution in [0.2, 0.25) is 0 Å². The molecule has 1 saturated heterocycles. The van der Waals surface area contributed by atoms with E-state index in [1.807, 2.05) is 20.8 Å². The van der Waals surface area contributed by atoms with Crippen LogP contribution >= 0.6 is 0 Å². The molecule has 0 aromatic rings. The van der Waals surface area contributed by atoms with Crippen molar-refractivity contribution in [1.82, 2.24) is 0 Å². The lowest BCUT2D eigenvalue weighted by Gasteiger charge is -2.68. The summed E-state index contributed by atoms with van der Waals surface area (Å²) in [7, 11) is 0. The predicted octanol–water partition coefficient (Wildman–Crippen LogP) is 1.24. The summed E-state index contributed by atoms with van der Waals surface area (Å²) in [5, 5.41) is 20.8. The van der Waals surface area contributed by atoms with E-state index in [1.165, 1.54) is 0 Å². The molecular weight excluding hydrogens is 220 g/mol. The molecule has 1 aliphatic heterocycles. The zero-order chi connectivity index (χ0) is 13.3. The molecule has 3 unspecified atom stereocenters. The molecule has 2 fully saturated rings. The molecule has 4 nitrogen and oxygen atoms in total. The molecule has 1 saturated carbocycles. The lowest BCUT2D eigenvalue weighted by molar-refractivity contribution is -0.325. The first-order valence-electron chi connectivity index (χ1n) is 6.09. The normalized spacial score (nSPS) is 44.6. The minimum Gasteiger partial charge on any atom is -0.459 e. The Morgan fingerprint density at radius 3 is 2.29 bits per heavy atom. The fourth-order valence-electron chi connectivity index (χ4n) is 4.13. The highest BCUT2D eigenvalue weighted by Crippen LogP contribution is 2.65. The quantitative estimate of drug-likeness (QED) is 0.679. The summed E-state index contributed by atoms with van der Waals surface area (Å²) in [6, 6.07) is 0. The third-order valence-electron chi connectivity index (χ3n) is 4.53. The van der Waals surface area contributed by atoms with Gasteiger partial charge in [0.05, 0.1) is 12.0 Å². The summed E-state index contributed by atoms with van der Waals surface area (Å²) in [6.45, 7) is 8.82. The van der Waals surface area contributed by atoms with E-state index in [0.29, 0.717) is 12.8 Å². The fraction of sp³-hybridized carbons (Fsp3) is 0.923. The van der Waals surface area contributed by atoms with Gasteiger partial charge in [-0.2, -0.15) is 0 Å². The van der Waals surface area contributed by atoms with Crippen molar-refractivity contribution in [2.24, 2.45) is 11.3 Å². The van der Waals surface area contributed by atoms with E-state index in [4.69, 9.17) is 4.74 Å². The van der Waals surface area contributed by atoms with Gasteiger partial charge in [-0.05, 0) is 39.5 Å². The lowest BCUT2D eigenvalue weighted by Crippen LogP contribution is -2.77. The van der Waals surface area contributed by atoms with E-state index in [0.717, 1.165) is 0 Å². The molecule has 3 atom stereocenters. The second-order valence-corrected chi connectivity index (χ2v) is 7.00. The summed E-state index contributed by atoms with van der Waals surface area (Å²) >= 11 is 0. The molecule has 4 heteroatoms. The minimum atomic E-state index is -1.20. The van der Waals surface area contributed by atoms with Crippen LogP contribution in [0.25, 0.3) is 0 Å². The SMILES string of the molecule is CC12CC(=O)OC(C)(C)C1C(O)(C(C)(C)O)C2. The maximum absolute atomic E-state index is 11.6. The molecular formula is C13H22O4. The zero-order valence-electron chi connectivity index (χ0n) is 11.2. The Balaban J connectivity index is 2.41. The molecule has 17 heavy (non-hydrogen) atoms. The summed E-state index contributed by atoms with van der Waals surface area (Å²) in [5.74, 6) is -0.452. The second kappa shape index (κ2) is 3.04. The van der Waals surface area contributed by atoms with Gasteiger partial charge in [0.25, 0.3) is 0 Å². The van der Waals surface area contributed by atoms with Crippen molar-refractivity contribution in [3.05, 3.63) is 0 Å². The van der Waals surface area contributed by atoms with Crippen molar-refractivity contribution >= 4 is 5.97 Å². The van der Waals surface area contributed by atoms with Crippen LogP contribution in [-0.2, 0) is 9.53 Å². The van der Waals surface area contributed by atoms with Crippen molar-refractivity contribution in [3.8, 4) is 0 Å². The van der Waals surface area contributed by atoms with Crippen molar-refractivity contribution < 1.29 is 19.7 Å². The van der Waals surface area contributed by atoms with E-state index in [9.17, 15) is 15.0 Å². The van der Waals surface area contributed by atoms with Crippen LogP contribution in [0.15, 0.2) is 0 Å². The molecule has 98 valence electrons. The number of hydrogen-bond acceptors (Lipinski definition) is 4. The van der Waals surface area contributed by atoms with E-state index >= 15 is 0 Å². The van der Waals surface area contributed by atoms with E-state index in [1.54, 1.807) is 13.8 Å². The van der Waals surface area contributed by atoms with E-state index in [2.05, 4.69) is 0 Å². The van der Waals surface area contributed by atoms with Crippen molar-refractivity contribution in [1.29, 1.82) is 0 Å². The van der Waals surface area contributed by atoms with Crippen LogP contribution in [-0.4, -0.2) is 33.0 Å². The molecule has 2 rings (SSSR count). The van der Waals surface area contributed by atoms with Crippen LogP contribution in [0.3, 0.4) is 0 Å². The average Bonchev–Trinajstić information content (AvgIpc) is 1.93. The monoisotopic (exact) mass is 242 g/mol. The van der Waals surface area contributed by atoms with Crippen LogP contribution < -0.4 is 0 Å². The fourth-order valence-corrected chi connectivity index (χ4v) is 4.13. The Labute approximate surface area is 102 Å².